The fraction of sp³-hybridized carbons (Fsp3) is 0. The Bertz CT molecular complexity index is 617. The van der Waals surface area contributed by atoms with Crippen LogP contribution in [-0.4, -0.2) is 10.9 Å². The number of phenolic OH excluding ortho intramolecular Hbond substituents is 1. The van der Waals surface area contributed by atoms with Crippen LogP contribution >= 0.6 is 11.6 Å². The van der Waals surface area contributed by atoms with Crippen LogP contribution in [0.1, 0.15) is 15.9 Å². The molecule has 0 amide bonds. The number of hydrogen-bond acceptors (Lipinski definition) is 2. The fourth-order valence-electron chi connectivity index (χ4n) is 2.08. The lowest BCUT2D eigenvalue weighted by atomic mass is 10.1. The molecule has 0 aromatic heterocycles. The predicted octanol–water partition coefficient (Wildman–Crippen LogP) is 3.26. The Labute approximate surface area is 97.1 Å². The monoisotopic (exact) mass is 230 g/mol. The number of benzene rings is 2. The van der Waals surface area contributed by atoms with E-state index in [9.17, 15) is 9.90 Å². The molecule has 0 bridgehead atoms. The molecule has 16 heavy (non-hydrogen) atoms. The van der Waals surface area contributed by atoms with Crippen LogP contribution in [0, 0.1) is 0 Å². The maximum absolute atomic E-state index is 12.0. The van der Waals surface area contributed by atoms with Crippen molar-refractivity contribution < 1.29 is 9.90 Å². The van der Waals surface area contributed by atoms with Crippen LogP contribution in [0.15, 0.2) is 36.4 Å². The van der Waals surface area contributed by atoms with E-state index in [2.05, 4.69) is 0 Å². The fourth-order valence-corrected chi connectivity index (χ4v) is 2.25. The maximum Gasteiger partial charge on any atom is 0.194 e. The van der Waals surface area contributed by atoms with Gasteiger partial charge in [-0.05, 0) is 23.8 Å². The summed E-state index contributed by atoms with van der Waals surface area (Å²) in [6.45, 7) is 0. The van der Waals surface area contributed by atoms with Gasteiger partial charge in [-0.15, -0.1) is 0 Å². The number of aromatic hydroxyl groups is 1. The Morgan fingerprint density at radius 3 is 2.62 bits per heavy atom. The third-order valence-corrected chi connectivity index (χ3v) is 3.02. The van der Waals surface area contributed by atoms with Crippen molar-refractivity contribution in [1.29, 1.82) is 0 Å². The first-order chi connectivity index (χ1) is 7.68. The zero-order valence-corrected chi connectivity index (χ0v) is 8.95. The lowest BCUT2D eigenvalue weighted by molar-refractivity contribution is 0.104. The van der Waals surface area contributed by atoms with Crippen LogP contribution in [0.2, 0.25) is 5.02 Å². The summed E-state index contributed by atoms with van der Waals surface area (Å²) >= 11 is 5.86. The number of halogens is 1. The molecule has 2 aromatic rings. The highest BCUT2D eigenvalue weighted by Crippen LogP contribution is 2.42. The Kier molecular flexibility index (Phi) is 1.82. The standard InChI is InChI=1S/C13H7ClO2/c14-7-4-5-8-10(6-7)13(16)9-2-1-3-11(15)12(8)9/h1-6,15H. The van der Waals surface area contributed by atoms with Crippen LogP contribution in [0.5, 0.6) is 5.75 Å². The minimum atomic E-state index is -0.0802. The average molecular weight is 231 g/mol. The Morgan fingerprint density at radius 2 is 1.81 bits per heavy atom. The highest BCUT2D eigenvalue weighted by molar-refractivity contribution is 6.32. The smallest absolute Gasteiger partial charge is 0.194 e. The molecule has 2 nitrogen and oxygen atoms in total. The van der Waals surface area contributed by atoms with Gasteiger partial charge in [-0.25, -0.2) is 0 Å². The number of hydrogen-bond donors (Lipinski definition) is 1. The van der Waals surface area contributed by atoms with E-state index < -0.39 is 0 Å². The Hall–Kier alpha value is -1.80. The van der Waals surface area contributed by atoms with E-state index in [1.165, 1.54) is 0 Å². The summed E-state index contributed by atoms with van der Waals surface area (Å²) in [4.78, 5) is 12.0. The second kappa shape index (κ2) is 3.09. The van der Waals surface area contributed by atoms with E-state index in [1.807, 2.05) is 0 Å². The topological polar surface area (TPSA) is 37.3 Å². The van der Waals surface area contributed by atoms with Gasteiger partial charge < -0.3 is 5.11 Å². The van der Waals surface area contributed by atoms with Gasteiger partial charge in [-0.3, -0.25) is 4.79 Å². The number of carbonyl (C=O) groups is 1. The number of ketones is 1. The van der Waals surface area contributed by atoms with Gasteiger partial charge in [-0.2, -0.15) is 0 Å². The van der Waals surface area contributed by atoms with Gasteiger partial charge >= 0.3 is 0 Å². The van der Waals surface area contributed by atoms with Gasteiger partial charge in [0.2, 0.25) is 0 Å². The summed E-state index contributed by atoms with van der Waals surface area (Å²) in [6, 6.07) is 10.1. The van der Waals surface area contributed by atoms with Crippen molar-refractivity contribution in [2.75, 3.05) is 0 Å². The number of phenols is 1. The molecule has 3 rings (SSSR count). The van der Waals surface area contributed by atoms with Gasteiger partial charge in [0, 0.05) is 21.7 Å². The molecule has 3 heteroatoms. The molecule has 0 unspecified atom stereocenters. The Balaban J connectivity index is 2.41. The second-order valence-electron chi connectivity index (χ2n) is 3.72. The zero-order chi connectivity index (χ0) is 11.3. The van der Waals surface area contributed by atoms with E-state index in [0.717, 1.165) is 5.56 Å². The highest BCUT2D eigenvalue weighted by Gasteiger charge is 2.28. The van der Waals surface area contributed by atoms with Crippen molar-refractivity contribution in [3.8, 4) is 16.9 Å². The molecule has 0 atom stereocenters. The van der Waals surface area contributed by atoms with Crippen molar-refractivity contribution in [1.82, 2.24) is 0 Å². The summed E-state index contributed by atoms with van der Waals surface area (Å²) in [5, 5.41) is 10.3. The lowest BCUT2D eigenvalue weighted by Crippen LogP contribution is -1.94. The molecule has 0 fully saturated rings. The molecule has 0 aliphatic heterocycles. The minimum Gasteiger partial charge on any atom is -0.507 e. The first kappa shape index (κ1) is 9.43. The van der Waals surface area contributed by atoms with Crippen LogP contribution < -0.4 is 0 Å². The van der Waals surface area contributed by atoms with Crippen LogP contribution in [0.25, 0.3) is 11.1 Å². The summed E-state index contributed by atoms with van der Waals surface area (Å²) in [5.41, 5.74) is 2.46. The van der Waals surface area contributed by atoms with Gasteiger partial charge in [-0.1, -0.05) is 29.8 Å². The molecule has 0 heterocycles. The molecule has 1 aliphatic carbocycles. The molecule has 0 radical (unpaired) electrons. The van der Waals surface area contributed by atoms with Gasteiger partial charge in [0.1, 0.15) is 5.75 Å². The SMILES string of the molecule is O=C1c2cc(Cl)ccc2-c2c(O)cccc21. The van der Waals surface area contributed by atoms with E-state index in [-0.39, 0.29) is 11.5 Å². The van der Waals surface area contributed by atoms with Gasteiger partial charge in [0.15, 0.2) is 5.78 Å². The molecule has 1 N–H and O–H groups in total. The third-order valence-electron chi connectivity index (χ3n) is 2.78. The zero-order valence-electron chi connectivity index (χ0n) is 8.20. The molecule has 0 saturated heterocycles. The maximum atomic E-state index is 12.0. The Morgan fingerprint density at radius 1 is 1.00 bits per heavy atom. The largest absolute Gasteiger partial charge is 0.507 e. The first-order valence-electron chi connectivity index (χ1n) is 4.85. The van der Waals surface area contributed by atoms with Gasteiger partial charge in [0.05, 0.1) is 0 Å². The van der Waals surface area contributed by atoms with Crippen molar-refractivity contribution in [3.63, 3.8) is 0 Å². The summed E-state index contributed by atoms with van der Waals surface area (Å²) < 4.78 is 0. The van der Waals surface area contributed by atoms with Crippen LogP contribution in [-0.2, 0) is 0 Å². The molecule has 1 aliphatic rings. The van der Waals surface area contributed by atoms with Gasteiger partial charge in [0.25, 0.3) is 0 Å². The molecule has 0 saturated carbocycles. The second-order valence-corrected chi connectivity index (χ2v) is 4.16. The quantitative estimate of drug-likeness (QED) is 0.644. The normalized spacial score (nSPS) is 12.4. The van der Waals surface area contributed by atoms with E-state index in [0.29, 0.717) is 21.7 Å². The van der Waals surface area contributed by atoms with E-state index in [1.54, 1.807) is 36.4 Å². The molecule has 2 aromatic carbocycles. The number of fused-ring (bicyclic) bond motifs is 3. The predicted molar refractivity (Wildman–Crippen MR) is 62.0 cm³/mol. The highest BCUT2D eigenvalue weighted by atomic mass is 35.5. The van der Waals surface area contributed by atoms with E-state index >= 15 is 0 Å². The summed E-state index contributed by atoms with van der Waals surface area (Å²) in [7, 11) is 0. The third kappa shape index (κ3) is 1.11. The summed E-state index contributed by atoms with van der Waals surface area (Å²) in [5.74, 6) is 0.0512. The van der Waals surface area contributed by atoms with Crippen molar-refractivity contribution >= 4 is 17.4 Å². The molecular formula is C13H7ClO2. The summed E-state index contributed by atoms with van der Waals surface area (Å²) in [6.07, 6.45) is 0. The van der Waals surface area contributed by atoms with Crippen LogP contribution in [0.3, 0.4) is 0 Å². The number of rotatable bonds is 0. The van der Waals surface area contributed by atoms with Crippen molar-refractivity contribution in [2.24, 2.45) is 0 Å². The lowest BCUT2D eigenvalue weighted by Gasteiger charge is -2.02. The molecule has 0 spiro atoms. The number of carbonyl (C=O) groups excluding carboxylic acids is 1. The van der Waals surface area contributed by atoms with E-state index in [4.69, 9.17) is 11.6 Å². The van der Waals surface area contributed by atoms with Crippen LogP contribution in [0.4, 0.5) is 0 Å². The van der Waals surface area contributed by atoms with Crippen molar-refractivity contribution in [2.45, 2.75) is 0 Å². The molecular weight excluding hydrogens is 224 g/mol. The molecule has 78 valence electrons. The first-order valence-corrected chi connectivity index (χ1v) is 5.23. The van der Waals surface area contributed by atoms with Crippen molar-refractivity contribution in [3.05, 3.63) is 52.5 Å². The average Bonchev–Trinajstić information content (AvgIpc) is 2.55. The minimum absolute atomic E-state index is 0.0802.